The number of hydrogen-bond donors (Lipinski definition) is 2. The van der Waals surface area contributed by atoms with Crippen LogP contribution in [0.15, 0.2) is 71.8 Å². The summed E-state index contributed by atoms with van der Waals surface area (Å²) in [5, 5.41) is 3.64. The quantitative estimate of drug-likeness (QED) is 0.317. The molecule has 36 heavy (non-hydrogen) atoms. The molecule has 0 bridgehead atoms. The van der Waals surface area contributed by atoms with Gasteiger partial charge in [-0.05, 0) is 48.5 Å². The van der Waals surface area contributed by atoms with Crippen molar-refractivity contribution in [3.8, 4) is 45.6 Å². The Kier molecular flexibility index (Phi) is 6.99. The molecule has 1 aliphatic rings. The zero-order valence-electron chi connectivity index (χ0n) is 19.9. The molecule has 0 aliphatic carbocycles. The average molecular weight is 504 g/mol. The lowest BCUT2D eigenvalue weighted by Crippen LogP contribution is -2.17. The number of hydrogen-bond acceptors (Lipinski definition) is 7. The van der Waals surface area contributed by atoms with Crippen LogP contribution in [0.1, 0.15) is 0 Å². The number of nitrogens with zero attached hydrogens (tertiary/aromatic N) is 1. The minimum atomic E-state index is -0.150. The number of methoxy groups -OCH3 is 2. The van der Waals surface area contributed by atoms with Gasteiger partial charge in [0.2, 0.25) is 5.91 Å². The van der Waals surface area contributed by atoms with Gasteiger partial charge in [0.25, 0.3) is 0 Å². The molecule has 9 heteroatoms. The van der Waals surface area contributed by atoms with Gasteiger partial charge in [-0.1, -0.05) is 23.9 Å². The molecule has 1 aliphatic heterocycles. The molecule has 0 radical (unpaired) electrons. The van der Waals surface area contributed by atoms with E-state index in [4.69, 9.17) is 23.9 Å². The van der Waals surface area contributed by atoms with E-state index in [1.165, 1.54) is 11.8 Å². The summed E-state index contributed by atoms with van der Waals surface area (Å²) in [7, 11) is 3.26. The fourth-order valence-electron chi connectivity index (χ4n) is 3.77. The number of H-pyrrole nitrogens is 1. The van der Waals surface area contributed by atoms with Crippen molar-refractivity contribution >= 4 is 23.4 Å². The van der Waals surface area contributed by atoms with E-state index in [0.717, 1.165) is 33.3 Å². The van der Waals surface area contributed by atoms with E-state index in [1.807, 2.05) is 48.5 Å². The Morgan fingerprint density at radius 3 is 2.50 bits per heavy atom. The van der Waals surface area contributed by atoms with Crippen LogP contribution in [0.25, 0.3) is 22.6 Å². The van der Waals surface area contributed by atoms with Gasteiger partial charge < -0.3 is 29.2 Å². The third-order valence-corrected chi connectivity index (χ3v) is 6.53. The highest BCUT2D eigenvalue weighted by molar-refractivity contribution is 8.00. The van der Waals surface area contributed by atoms with E-state index in [-0.39, 0.29) is 11.7 Å². The van der Waals surface area contributed by atoms with Crippen LogP contribution in [0.2, 0.25) is 0 Å². The Morgan fingerprint density at radius 2 is 1.72 bits per heavy atom. The van der Waals surface area contributed by atoms with E-state index in [9.17, 15) is 4.79 Å². The lowest BCUT2D eigenvalue weighted by Gasteiger charge is -2.19. The van der Waals surface area contributed by atoms with Crippen molar-refractivity contribution in [3.05, 3.63) is 66.7 Å². The molecule has 0 saturated heterocycles. The predicted octanol–water partition coefficient (Wildman–Crippen LogP) is 5.26. The van der Waals surface area contributed by atoms with Crippen LogP contribution in [0.5, 0.6) is 23.0 Å². The van der Waals surface area contributed by atoms with Crippen LogP contribution in [-0.2, 0) is 4.79 Å². The van der Waals surface area contributed by atoms with Gasteiger partial charge in [0.05, 0.1) is 25.7 Å². The van der Waals surface area contributed by atoms with Gasteiger partial charge in [-0.25, -0.2) is 4.98 Å². The maximum absolute atomic E-state index is 12.8. The molecule has 5 rings (SSSR count). The number of carbonyl (C=O) groups is 1. The van der Waals surface area contributed by atoms with Gasteiger partial charge in [-0.2, -0.15) is 0 Å². The highest BCUT2D eigenvalue weighted by Crippen LogP contribution is 2.35. The Morgan fingerprint density at radius 1 is 0.944 bits per heavy atom. The van der Waals surface area contributed by atoms with Crippen LogP contribution in [0.3, 0.4) is 0 Å². The number of fused-ring (bicyclic) bond motifs is 1. The number of aromatic amines is 1. The van der Waals surface area contributed by atoms with Crippen molar-refractivity contribution in [2.24, 2.45) is 0 Å². The predicted molar refractivity (Wildman–Crippen MR) is 139 cm³/mol. The molecule has 1 aromatic heterocycles. The molecule has 1 amide bonds. The smallest absolute Gasteiger partial charge is 0.234 e. The Balaban J connectivity index is 1.36. The number of nitrogens with one attached hydrogen (secondary N) is 2. The van der Waals surface area contributed by atoms with Crippen molar-refractivity contribution in [2.75, 3.05) is 38.5 Å². The van der Waals surface area contributed by atoms with Gasteiger partial charge >= 0.3 is 0 Å². The van der Waals surface area contributed by atoms with E-state index in [0.29, 0.717) is 36.2 Å². The summed E-state index contributed by atoms with van der Waals surface area (Å²) in [5.74, 6) is 3.53. The highest BCUT2D eigenvalue weighted by atomic mass is 32.2. The SMILES string of the molecule is COc1ccc(-c2[nH]c(-c3cccc(OC)c3)nc2SCC(=O)Nc2ccc3c(c2)OCCO3)cc1. The second kappa shape index (κ2) is 10.7. The highest BCUT2D eigenvalue weighted by Gasteiger charge is 2.17. The zero-order valence-corrected chi connectivity index (χ0v) is 20.7. The Hall–Kier alpha value is -4.11. The fourth-order valence-corrected chi connectivity index (χ4v) is 4.58. The molecule has 2 heterocycles. The summed E-state index contributed by atoms with van der Waals surface area (Å²) < 4.78 is 21.8. The molecule has 4 aromatic rings. The van der Waals surface area contributed by atoms with Crippen LogP contribution < -0.4 is 24.3 Å². The van der Waals surface area contributed by atoms with Crippen LogP contribution >= 0.6 is 11.8 Å². The topological polar surface area (TPSA) is 94.7 Å². The molecule has 0 spiro atoms. The lowest BCUT2D eigenvalue weighted by molar-refractivity contribution is -0.113. The standard InChI is InChI=1S/C27H25N3O5S/c1-32-20-9-6-17(7-10-20)25-27(30-26(29-25)18-4-3-5-21(14-18)33-2)36-16-24(31)28-19-8-11-22-23(15-19)35-13-12-34-22/h3-11,14-15H,12-13,16H2,1-2H3,(H,28,31)(H,29,30). The number of imidazole rings is 1. The Labute approximate surface area is 213 Å². The molecule has 184 valence electrons. The summed E-state index contributed by atoms with van der Waals surface area (Å²) in [6.45, 7) is 1.01. The molecular formula is C27H25N3O5S. The van der Waals surface area contributed by atoms with Crippen molar-refractivity contribution in [2.45, 2.75) is 5.03 Å². The normalized spacial score (nSPS) is 12.2. The molecule has 0 unspecified atom stereocenters. The molecule has 0 atom stereocenters. The minimum absolute atomic E-state index is 0.150. The number of rotatable bonds is 8. The molecule has 2 N–H and O–H groups in total. The van der Waals surface area contributed by atoms with E-state index in [2.05, 4.69) is 10.3 Å². The van der Waals surface area contributed by atoms with Crippen LogP contribution in [-0.4, -0.2) is 49.1 Å². The first kappa shape index (κ1) is 23.6. The number of thioether (sulfide) groups is 1. The van der Waals surface area contributed by atoms with Crippen LogP contribution in [0.4, 0.5) is 5.69 Å². The lowest BCUT2D eigenvalue weighted by atomic mass is 10.1. The first-order valence-electron chi connectivity index (χ1n) is 11.3. The van der Waals surface area contributed by atoms with Crippen LogP contribution in [0, 0.1) is 0 Å². The maximum Gasteiger partial charge on any atom is 0.234 e. The zero-order chi connectivity index (χ0) is 24.9. The first-order valence-corrected chi connectivity index (χ1v) is 12.3. The number of ether oxygens (including phenoxy) is 4. The average Bonchev–Trinajstić information content (AvgIpc) is 3.36. The second-order valence-electron chi connectivity index (χ2n) is 7.92. The maximum atomic E-state index is 12.8. The van der Waals surface area contributed by atoms with Gasteiger partial charge in [-0.15, -0.1) is 0 Å². The monoisotopic (exact) mass is 503 g/mol. The molecule has 0 fully saturated rings. The van der Waals surface area contributed by atoms with Crippen molar-refractivity contribution < 1.29 is 23.7 Å². The third kappa shape index (κ3) is 5.26. The molecule has 8 nitrogen and oxygen atoms in total. The first-order chi connectivity index (χ1) is 17.6. The number of anilines is 1. The van der Waals surface area contributed by atoms with Gasteiger partial charge in [0.1, 0.15) is 35.6 Å². The number of benzene rings is 3. The summed E-state index contributed by atoms with van der Waals surface area (Å²) >= 11 is 1.36. The van der Waals surface area contributed by atoms with Gasteiger partial charge in [-0.3, -0.25) is 4.79 Å². The van der Waals surface area contributed by atoms with Crippen molar-refractivity contribution in [1.29, 1.82) is 0 Å². The second-order valence-corrected chi connectivity index (χ2v) is 8.89. The number of aromatic nitrogens is 2. The van der Waals surface area contributed by atoms with E-state index < -0.39 is 0 Å². The van der Waals surface area contributed by atoms with E-state index in [1.54, 1.807) is 32.4 Å². The minimum Gasteiger partial charge on any atom is -0.497 e. The summed E-state index contributed by atoms with van der Waals surface area (Å²) in [6, 6.07) is 20.8. The van der Waals surface area contributed by atoms with Crippen molar-refractivity contribution in [3.63, 3.8) is 0 Å². The number of amides is 1. The fraction of sp³-hybridized carbons (Fsp3) is 0.185. The Bertz CT molecular complexity index is 1370. The van der Waals surface area contributed by atoms with Gasteiger partial charge in [0, 0.05) is 22.9 Å². The molecular weight excluding hydrogens is 478 g/mol. The summed E-state index contributed by atoms with van der Waals surface area (Å²) in [5.41, 5.74) is 3.30. The largest absolute Gasteiger partial charge is 0.497 e. The summed E-state index contributed by atoms with van der Waals surface area (Å²) in [6.07, 6.45) is 0. The van der Waals surface area contributed by atoms with E-state index >= 15 is 0 Å². The summed E-state index contributed by atoms with van der Waals surface area (Å²) in [4.78, 5) is 21.0. The number of carbonyl (C=O) groups excluding carboxylic acids is 1. The molecule has 3 aromatic carbocycles. The van der Waals surface area contributed by atoms with Crippen molar-refractivity contribution in [1.82, 2.24) is 9.97 Å². The third-order valence-electron chi connectivity index (χ3n) is 5.56. The van der Waals surface area contributed by atoms with Gasteiger partial charge in [0.15, 0.2) is 11.5 Å². The molecule has 0 saturated carbocycles.